The van der Waals surface area contributed by atoms with Crippen molar-refractivity contribution in [3.8, 4) is 22.9 Å². The highest BCUT2D eigenvalue weighted by atomic mass is 35.5. The standard InChI is InChI=1S/C37H34ClN7O2/c1-44-16-18-45(19-17-44)24-26-5-7-28(8-6-26)37(46)43-30-11-9-27(10-12-30)33-23-40-22-29(21-39)36(33)42-31-13-14-35(34(38)20-31)47-25-32-4-2-3-15-41-32/h2-15,20,22-23H,16-19,24-25H2,1H3,(H,40,42)(H,43,46). The van der Waals surface area contributed by atoms with E-state index in [0.717, 1.165) is 49.5 Å². The Balaban J connectivity index is 1.11. The highest BCUT2D eigenvalue weighted by molar-refractivity contribution is 6.32. The van der Waals surface area contributed by atoms with Crippen LogP contribution in [0.1, 0.15) is 27.2 Å². The maximum absolute atomic E-state index is 13.0. The summed E-state index contributed by atoms with van der Waals surface area (Å²) in [6.45, 7) is 5.42. The lowest BCUT2D eigenvalue weighted by Gasteiger charge is -2.32. The molecule has 2 aromatic heterocycles. The molecule has 0 bridgehead atoms. The molecule has 3 aromatic carbocycles. The molecule has 9 nitrogen and oxygen atoms in total. The van der Waals surface area contributed by atoms with Crippen LogP contribution in [0.25, 0.3) is 11.1 Å². The van der Waals surface area contributed by atoms with E-state index in [4.69, 9.17) is 16.3 Å². The maximum atomic E-state index is 13.0. The van der Waals surface area contributed by atoms with Crippen molar-refractivity contribution in [1.29, 1.82) is 5.26 Å². The molecule has 47 heavy (non-hydrogen) atoms. The van der Waals surface area contributed by atoms with Gasteiger partial charge in [0.2, 0.25) is 0 Å². The number of nitrogens with zero attached hydrogens (tertiary/aromatic N) is 5. The second-order valence-corrected chi connectivity index (χ2v) is 11.8. The van der Waals surface area contributed by atoms with Crippen molar-refractivity contribution in [1.82, 2.24) is 19.8 Å². The van der Waals surface area contributed by atoms with E-state index in [0.29, 0.717) is 45.6 Å². The zero-order valence-electron chi connectivity index (χ0n) is 26.0. The van der Waals surface area contributed by atoms with Crippen molar-refractivity contribution in [2.75, 3.05) is 43.9 Å². The number of anilines is 3. The summed E-state index contributed by atoms with van der Waals surface area (Å²) in [6.07, 6.45) is 4.93. The number of aromatic nitrogens is 2. The summed E-state index contributed by atoms with van der Waals surface area (Å²) in [6, 6.07) is 28.5. The van der Waals surface area contributed by atoms with Crippen LogP contribution in [0.4, 0.5) is 17.1 Å². The molecule has 0 unspecified atom stereocenters. The number of benzene rings is 3. The number of rotatable bonds is 10. The van der Waals surface area contributed by atoms with E-state index in [2.05, 4.69) is 43.5 Å². The number of amides is 1. The molecule has 1 fully saturated rings. The van der Waals surface area contributed by atoms with Crippen LogP contribution in [0.2, 0.25) is 5.02 Å². The summed E-state index contributed by atoms with van der Waals surface area (Å²) >= 11 is 6.55. The zero-order valence-corrected chi connectivity index (χ0v) is 26.7. The summed E-state index contributed by atoms with van der Waals surface area (Å²) < 4.78 is 5.85. The van der Waals surface area contributed by atoms with Gasteiger partial charge in [-0.25, -0.2) is 0 Å². The first-order valence-electron chi connectivity index (χ1n) is 15.3. The lowest BCUT2D eigenvalue weighted by Crippen LogP contribution is -2.43. The molecule has 0 saturated carbocycles. The van der Waals surface area contributed by atoms with Crippen molar-refractivity contribution in [3.63, 3.8) is 0 Å². The molecular formula is C37H34ClN7O2. The SMILES string of the molecule is CN1CCN(Cc2ccc(C(=O)Nc3ccc(-c4cncc(C#N)c4Nc4ccc(OCc5ccccn5)c(Cl)c4)cc3)cc2)CC1. The summed E-state index contributed by atoms with van der Waals surface area (Å²) in [7, 11) is 2.15. The molecule has 0 aliphatic carbocycles. The molecule has 1 saturated heterocycles. The molecule has 2 N–H and O–H groups in total. The van der Waals surface area contributed by atoms with Crippen LogP contribution in [-0.2, 0) is 13.2 Å². The van der Waals surface area contributed by atoms with Crippen molar-refractivity contribution >= 4 is 34.6 Å². The van der Waals surface area contributed by atoms with Gasteiger partial charge >= 0.3 is 0 Å². The molecule has 1 amide bonds. The van der Waals surface area contributed by atoms with Gasteiger partial charge in [0.05, 0.1) is 22.0 Å². The Morgan fingerprint density at radius 2 is 1.72 bits per heavy atom. The van der Waals surface area contributed by atoms with Crippen molar-refractivity contribution in [2.24, 2.45) is 0 Å². The number of hydrogen-bond acceptors (Lipinski definition) is 8. The van der Waals surface area contributed by atoms with Crippen molar-refractivity contribution in [3.05, 3.63) is 131 Å². The molecule has 0 radical (unpaired) electrons. The second kappa shape index (κ2) is 14.9. The number of halogens is 1. The largest absolute Gasteiger partial charge is 0.486 e. The number of carbonyl (C=O) groups excluding carboxylic acids is 1. The predicted octanol–water partition coefficient (Wildman–Crippen LogP) is 6.99. The molecule has 5 aromatic rings. The van der Waals surface area contributed by atoms with E-state index in [1.165, 1.54) is 11.8 Å². The first kappa shape index (κ1) is 31.7. The third-order valence-corrected chi connectivity index (χ3v) is 8.34. The average molecular weight is 644 g/mol. The summed E-state index contributed by atoms with van der Waals surface area (Å²) in [4.78, 5) is 26.3. The first-order valence-corrected chi connectivity index (χ1v) is 15.7. The Morgan fingerprint density at radius 1 is 0.957 bits per heavy atom. The number of ether oxygens (including phenoxy) is 1. The number of piperazine rings is 1. The van der Waals surface area contributed by atoms with Crippen LogP contribution in [0, 0.1) is 11.3 Å². The molecule has 6 rings (SSSR count). The number of nitrogens with one attached hydrogen (secondary N) is 2. The highest BCUT2D eigenvalue weighted by Gasteiger charge is 2.16. The van der Waals surface area contributed by atoms with Crippen LogP contribution >= 0.6 is 11.6 Å². The lowest BCUT2D eigenvalue weighted by molar-refractivity contribution is 0.102. The van der Waals surface area contributed by atoms with Gasteiger partial charge in [-0.3, -0.25) is 19.7 Å². The Hall–Kier alpha value is -5.27. The van der Waals surface area contributed by atoms with Gasteiger partial charge in [-0.15, -0.1) is 0 Å². The van der Waals surface area contributed by atoms with Gasteiger partial charge in [-0.1, -0.05) is 41.9 Å². The molecule has 236 valence electrons. The van der Waals surface area contributed by atoms with E-state index in [-0.39, 0.29) is 5.91 Å². The normalized spacial score (nSPS) is 13.5. The minimum absolute atomic E-state index is 0.177. The summed E-state index contributed by atoms with van der Waals surface area (Å²) in [5.41, 5.74) is 6.45. The van der Waals surface area contributed by atoms with Gasteiger partial charge in [-0.05, 0) is 72.8 Å². The smallest absolute Gasteiger partial charge is 0.255 e. The molecule has 0 spiro atoms. The molecule has 1 aliphatic rings. The molecule has 0 atom stereocenters. The first-order chi connectivity index (χ1) is 22.9. The molecule has 10 heteroatoms. The van der Waals surface area contributed by atoms with Gasteiger partial charge in [0.15, 0.2) is 0 Å². The number of likely N-dealkylation sites (N-methyl/N-ethyl adjacent to an activating group) is 1. The van der Waals surface area contributed by atoms with Crippen molar-refractivity contribution < 1.29 is 9.53 Å². The van der Waals surface area contributed by atoms with Gasteiger partial charge in [0.25, 0.3) is 5.91 Å². The third kappa shape index (κ3) is 8.12. The Kier molecular flexibility index (Phi) is 10.0. The fraction of sp³-hybridized carbons (Fsp3) is 0.189. The van der Waals surface area contributed by atoms with Gasteiger partial charge in [0.1, 0.15) is 18.4 Å². The highest BCUT2D eigenvalue weighted by Crippen LogP contribution is 2.35. The quantitative estimate of drug-likeness (QED) is 0.168. The number of hydrogen-bond donors (Lipinski definition) is 2. The van der Waals surface area contributed by atoms with Crippen LogP contribution in [0.3, 0.4) is 0 Å². The van der Waals surface area contributed by atoms with Crippen LogP contribution in [0.5, 0.6) is 5.75 Å². The van der Waals surface area contributed by atoms with E-state index in [9.17, 15) is 10.1 Å². The summed E-state index contributed by atoms with van der Waals surface area (Å²) in [5.74, 6) is 0.348. The topological polar surface area (TPSA) is 106 Å². The maximum Gasteiger partial charge on any atom is 0.255 e. The lowest BCUT2D eigenvalue weighted by atomic mass is 10.0. The fourth-order valence-corrected chi connectivity index (χ4v) is 5.57. The number of nitriles is 1. The van der Waals surface area contributed by atoms with E-state index >= 15 is 0 Å². The molecule has 1 aliphatic heterocycles. The Bertz CT molecular complexity index is 1870. The van der Waals surface area contributed by atoms with E-state index < -0.39 is 0 Å². The summed E-state index contributed by atoms with van der Waals surface area (Å²) in [5, 5.41) is 16.6. The second-order valence-electron chi connectivity index (χ2n) is 11.4. The minimum Gasteiger partial charge on any atom is -0.486 e. The van der Waals surface area contributed by atoms with Crippen molar-refractivity contribution in [2.45, 2.75) is 13.2 Å². The third-order valence-electron chi connectivity index (χ3n) is 8.04. The Labute approximate surface area is 279 Å². The zero-order chi connectivity index (χ0) is 32.6. The van der Waals surface area contributed by atoms with E-state index in [1.807, 2.05) is 72.8 Å². The Morgan fingerprint density at radius 3 is 2.43 bits per heavy atom. The van der Waals surface area contributed by atoms with Crippen LogP contribution in [-0.4, -0.2) is 58.9 Å². The number of pyridine rings is 2. The predicted molar refractivity (Wildman–Crippen MR) is 185 cm³/mol. The average Bonchev–Trinajstić information content (AvgIpc) is 3.10. The van der Waals surface area contributed by atoms with Gasteiger partial charge < -0.3 is 20.3 Å². The monoisotopic (exact) mass is 643 g/mol. The fourth-order valence-electron chi connectivity index (χ4n) is 5.34. The molecule has 3 heterocycles. The minimum atomic E-state index is -0.177. The van der Waals surface area contributed by atoms with E-state index in [1.54, 1.807) is 24.5 Å². The van der Waals surface area contributed by atoms with Crippen LogP contribution < -0.4 is 15.4 Å². The van der Waals surface area contributed by atoms with Gasteiger partial charge in [-0.2, -0.15) is 5.26 Å². The van der Waals surface area contributed by atoms with Crippen LogP contribution in [0.15, 0.2) is 104 Å². The van der Waals surface area contributed by atoms with Gasteiger partial charge in [0, 0.05) is 73.8 Å². The molecular weight excluding hydrogens is 610 g/mol. The number of carbonyl (C=O) groups is 1.